The molecular formula is C20H27N3O2S. The number of aromatic nitrogens is 1. The molecule has 0 aliphatic carbocycles. The fraction of sp³-hybridized carbons (Fsp3) is 0.500. The third-order valence-electron chi connectivity index (χ3n) is 4.97. The molecule has 1 aromatic carbocycles. The Bertz CT molecular complexity index is 747. The van der Waals surface area contributed by atoms with E-state index in [0.29, 0.717) is 12.5 Å². The number of hydrogen-bond donors (Lipinski definition) is 1. The third kappa shape index (κ3) is 4.07. The van der Waals surface area contributed by atoms with Gasteiger partial charge >= 0.3 is 0 Å². The highest BCUT2D eigenvalue weighted by Gasteiger charge is 2.27. The van der Waals surface area contributed by atoms with Crippen LogP contribution in [0.25, 0.3) is 10.6 Å². The fourth-order valence-corrected chi connectivity index (χ4v) is 4.39. The normalized spacial score (nSPS) is 16.5. The molecule has 0 radical (unpaired) electrons. The summed E-state index contributed by atoms with van der Waals surface area (Å²) in [5.41, 5.74) is 7.82. The van der Waals surface area contributed by atoms with E-state index in [-0.39, 0.29) is 11.9 Å². The largest absolute Gasteiger partial charge is 0.494 e. The first-order valence-corrected chi connectivity index (χ1v) is 10.1. The van der Waals surface area contributed by atoms with Gasteiger partial charge < -0.3 is 15.4 Å². The third-order valence-corrected chi connectivity index (χ3v) is 6.17. The van der Waals surface area contributed by atoms with Crippen LogP contribution in [0.1, 0.15) is 42.1 Å². The number of benzene rings is 1. The molecule has 1 aliphatic rings. The standard InChI is InChI=1S/C20H27N3O2S/c1-4-25-17-7-5-16(6-8-17)19-22-14(3)18(26-19)20(24)23-11-9-15(10-12-23)13(2)21/h5-8,13,15H,4,9-12,21H2,1-3H3. The highest BCUT2D eigenvalue weighted by molar-refractivity contribution is 7.17. The van der Waals surface area contributed by atoms with Crippen LogP contribution in [0, 0.1) is 12.8 Å². The predicted molar refractivity (Wildman–Crippen MR) is 106 cm³/mol. The minimum Gasteiger partial charge on any atom is -0.494 e. The number of thiazole rings is 1. The van der Waals surface area contributed by atoms with Crippen molar-refractivity contribution in [3.8, 4) is 16.3 Å². The number of carbonyl (C=O) groups is 1. The molecule has 1 aromatic heterocycles. The highest BCUT2D eigenvalue weighted by Crippen LogP contribution is 2.31. The predicted octanol–water partition coefficient (Wildman–Crippen LogP) is 3.72. The van der Waals surface area contributed by atoms with Crippen molar-refractivity contribution in [3.05, 3.63) is 34.8 Å². The number of hydrogen-bond acceptors (Lipinski definition) is 5. The van der Waals surface area contributed by atoms with Gasteiger partial charge in [0, 0.05) is 24.7 Å². The molecule has 2 N–H and O–H groups in total. The average molecular weight is 374 g/mol. The van der Waals surface area contributed by atoms with Gasteiger partial charge in [-0.15, -0.1) is 11.3 Å². The van der Waals surface area contributed by atoms with E-state index in [1.54, 1.807) is 0 Å². The monoisotopic (exact) mass is 373 g/mol. The van der Waals surface area contributed by atoms with Gasteiger partial charge in [0.25, 0.3) is 5.91 Å². The molecule has 2 aromatic rings. The Kier molecular flexibility index (Phi) is 5.94. The lowest BCUT2D eigenvalue weighted by molar-refractivity contribution is 0.0685. The molecule has 6 heteroatoms. The van der Waals surface area contributed by atoms with Gasteiger partial charge in [-0.2, -0.15) is 0 Å². The maximum absolute atomic E-state index is 12.9. The number of ether oxygens (including phenoxy) is 1. The number of carbonyl (C=O) groups excluding carboxylic acids is 1. The van der Waals surface area contributed by atoms with Crippen LogP contribution in [0.15, 0.2) is 24.3 Å². The van der Waals surface area contributed by atoms with Crippen molar-refractivity contribution < 1.29 is 9.53 Å². The van der Waals surface area contributed by atoms with Crippen LogP contribution in [-0.2, 0) is 0 Å². The van der Waals surface area contributed by atoms with Crippen LogP contribution in [0.3, 0.4) is 0 Å². The number of rotatable bonds is 5. The Labute approximate surface area is 159 Å². The van der Waals surface area contributed by atoms with Gasteiger partial charge in [0.15, 0.2) is 0 Å². The van der Waals surface area contributed by atoms with E-state index in [1.807, 2.05) is 43.0 Å². The molecule has 0 bridgehead atoms. The number of nitrogens with zero attached hydrogens (tertiary/aromatic N) is 2. The van der Waals surface area contributed by atoms with Crippen LogP contribution in [0.5, 0.6) is 5.75 Å². The van der Waals surface area contributed by atoms with E-state index in [9.17, 15) is 4.79 Å². The Hall–Kier alpha value is -1.92. The molecule has 1 amide bonds. The molecular weight excluding hydrogens is 346 g/mol. The van der Waals surface area contributed by atoms with Gasteiger partial charge in [-0.05, 0) is 63.8 Å². The smallest absolute Gasteiger partial charge is 0.265 e. The van der Waals surface area contributed by atoms with Gasteiger partial charge in [0.2, 0.25) is 0 Å². The van der Waals surface area contributed by atoms with Crippen molar-refractivity contribution >= 4 is 17.2 Å². The fourth-order valence-electron chi connectivity index (χ4n) is 3.35. The molecule has 3 rings (SSSR count). The van der Waals surface area contributed by atoms with Crippen molar-refractivity contribution in [3.63, 3.8) is 0 Å². The molecule has 0 spiro atoms. The van der Waals surface area contributed by atoms with Gasteiger partial charge in [0.05, 0.1) is 12.3 Å². The van der Waals surface area contributed by atoms with E-state index in [4.69, 9.17) is 10.5 Å². The minimum atomic E-state index is 0.0975. The summed E-state index contributed by atoms with van der Waals surface area (Å²) in [5.74, 6) is 1.46. The van der Waals surface area contributed by atoms with Gasteiger partial charge in [-0.3, -0.25) is 4.79 Å². The Morgan fingerprint density at radius 3 is 2.58 bits per heavy atom. The second kappa shape index (κ2) is 8.18. The number of likely N-dealkylation sites (tertiary alicyclic amines) is 1. The SMILES string of the molecule is CCOc1ccc(-c2nc(C)c(C(=O)N3CCC(C(C)N)CC3)s2)cc1. The summed E-state index contributed by atoms with van der Waals surface area (Å²) in [6, 6.07) is 8.06. The summed E-state index contributed by atoms with van der Waals surface area (Å²) >= 11 is 1.47. The summed E-state index contributed by atoms with van der Waals surface area (Å²) in [4.78, 5) is 20.2. The Morgan fingerprint density at radius 2 is 2.00 bits per heavy atom. The molecule has 0 saturated carbocycles. The minimum absolute atomic E-state index is 0.0975. The van der Waals surface area contributed by atoms with Crippen LogP contribution in [-0.4, -0.2) is 41.5 Å². The molecule has 1 atom stereocenters. The van der Waals surface area contributed by atoms with Crippen molar-refractivity contribution in [1.82, 2.24) is 9.88 Å². The zero-order valence-corrected chi connectivity index (χ0v) is 16.5. The van der Waals surface area contributed by atoms with E-state index in [0.717, 1.165) is 52.8 Å². The average Bonchev–Trinajstić information content (AvgIpc) is 3.04. The van der Waals surface area contributed by atoms with Crippen LogP contribution in [0.4, 0.5) is 0 Å². The van der Waals surface area contributed by atoms with Gasteiger partial charge in [-0.25, -0.2) is 4.98 Å². The van der Waals surface area contributed by atoms with Crippen molar-refractivity contribution in [1.29, 1.82) is 0 Å². The number of piperidine rings is 1. The van der Waals surface area contributed by atoms with E-state index in [1.165, 1.54) is 11.3 Å². The van der Waals surface area contributed by atoms with Gasteiger partial charge in [-0.1, -0.05) is 0 Å². The number of nitrogens with two attached hydrogens (primary N) is 1. The molecule has 1 saturated heterocycles. The van der Waals surface area contributed by atoms with E-state index in [2.05, 4.69) is 11.9 Å². The lowest BCUT2D eigenvalue weighted by Gasteiger charge is -2.33. The lowest BCUT2D eigenvalue weighted by atomic mass is 9.91. The summed E-state index contributed by atoms with van der Waals surface area (Å²) < 4.78 is 5.48. The molecule has 2 heterocycles. The lowest BCUT2D eigenvalue weighted by Crippen LogP contribution is -2.42. The quantitative estimate of drug-likeness (QED) is 0.867. The second-order valence-corrected chi connectivity index (χ2v) is 7.88. The first kappa shape index (κ1) is 18.9. The zero-order valence-electron chi connectivity index (χ0n) is 15.7. The molecule has 26 heavy (non-hydrogen) atoms. The van der Waals surface area contributed by atoms with Crippen molar-refractivity contribution in [2.45, 2.75) is 39.7 Å². The summed E-state index contributed by atoms with van der Waals surface area (Å²) in [7, 11) is 0. The first-order chi connectivity index (χ1) is 12.5. The van der Waals surface area contributed by atoms with Crippen molar-refractivity contribution in [2.75, 3.05) is 19.7 Å². The topological polar surface area (TPSA) is 68.5 Å². The van der Waals surface area contributed by atoms with Crippen LogP contribution in [0.2, 0.25) is 0 Å². The van der Waals surface area contributed by atoms with Gasteiger partial charge in [0.1, 0.15) is 15.6 Å². The molecule has 1 fully saturated rings. The number of aryl methyl sites for hydroxylation is 1. The maximum atomic E-state index is 12.9. The first-order valence-electron chi connectivity index (χ1n) is 9.25. The van der Waals surface area contributed by atoms with Crippen LogP contribution < -0.4 is 10.5 Å². The summed E-state index contributed by atoms with van der Waals surface area (Å²) in [6.45, 7) is 8.14. The highest BCUT2D eigenvalue weighted by atomic mass is 32.1. The Morgan fingerprint density at radius 1 is 1.35 bits per heavy atom. The molecule has 5 nitrogen and oxygen atoms in total. The maximum Gasteiger partial charge on any atom is 0.265 e. The van der Waals surface area contributed by atoms with E-state index >= 15 is 0 Å². The molecule has 1 aliphatic heterocycles. The van der Waals surface area contributed by atoms with Crippen LogP contribution >= 0.6 is 11.3 Å². The second-order valence-electron chi connectivity index (χ2n) is 6.88. The van der Waals surface area contributed by atoms with E-state index < -0.39 is 0 Å². The molecule has 1 unspecified atom stereocenters. The molecule has 140 valence electrons. The van der Waals surface area contributed by atoms with Crippen molar-refractivity contribution in [2.24, 2.45) is 11.7 Å². The summed E-state index contributed by atoms with van der Waals surface area (Å²) in [5, 5.41) is 0.874. The summed E-state index contributed by atoms with van der Waals surface area (Å²) in [6.07, 6.45) is 1.96. The number of amides is 1. The Balaban J connectivity index is 1.72. The zero-order chi connectivity index (χ0) is 18.7.